The number of carbonyl (C=O) groups excluding carboxylic acids is 2. The van der Waals surface area contributed by atoms with E-state index < -0.39 is 0 Å². The fourth-order valence-electron chi connectivity index (χ4n) is 2.99. The Balaban J connectivity index is 1.43. The number of benzene rings is 3. The molecular formula is C25H27N3O3. The van der Waals surface area contributed by atoms with E-state index in [-0.39, 0.29) is 18.4 Å². The molecule has 0 saturated carbocycles. The molecular weight excluding hydrogens is 390 g/mol. The van der Waals surface area contributed by atoms with Crippen molar-refractivity contribution in [1.29, 1.82) is 0 Å². The van der Waals surface area contributed by atoms with E-state index in [9.17, 15) is 9.59 Å². The van der Waals surface area contributed by atoms with Crippen LogP contribution in [-0.4, -0.2) is 31.5 Å². The van der Waals surface area contributed by atoms with Crippen molar-refractivity contribution < 1.29 is 14.3 Å². The van der Waals surface area contributed by atoms with E-state index in [4.69, 9.17) is 4.74 Å². The average molecular weight is 418 g/mol. The van der Waals surface area contributed by atoms with Gasteiger partial charge in [-0.15, -0.1) is 0 Å². The van der Waals surface area contributed by atoms with E-state index in [1.807, 2.05) is 55.5 Å². The van der Waals surface area contributed by atoms with Crippen LogP contribution in [0.25, 0.3) is 0 Å². The van der Waals surface area contributed by atoms with Gasteiger partial charge < -0.3 is 20.7 Å². The summed E-state index contributed by atoms with van der Waals surface area (Å²) in [5.41, 5.74) is 3.19. The van der Waals surface area contributed by atoms with E-state index in [1.165, 1.54) is 5.56 Å². The molecule has 6 heteroatoms. The smallest absolute Gasteiger partial charge is 0.251 e. The quantitative estimate of drug-likeness (QED) is 0.464. The first kappa shape index (κ1) is 21.9. The second kappa shape index (κ2) is 11.4. The van der Waals surface area contributed by atoms with Gasteiger partial charge in [-0.25, -0.2) is 0 Å². The standard InChI is InChI=1S/C25H27N3O3/c1-2-26-25(30)20-9-6-10-22(17-20)27-18-24(29)28-21-11-13-23(14-12-21)31-16-15-19-7-4-3-5-8-19/h3-14,17,27H,2,15-16,18H2,1H3,(H,26,30)(H,28,29). The highest BCUT2D eigenvalue weighted by Crippen LogP contribution is 2.16. The maximum absolute atomic E-state index is 12.2. The fraction of sp³-hybridized carbons (Fsp3) is 0.200. The van der Waals surface area contributed by atoms with Crippen LogP contribution in [0, 0.1) is 0 Å². The Morgan fingerprint density at radius 2 is 1.65 bits per heavy atom. The van der Waals surface area contributed by atoms with Crippen molar-refractivity contribution in [2.75, 3.05) is 30.3 Å². The number of hydrogen-bond donors (Lipinski definition) is 3. The third-order valence-corrected chi connectivity index (χ3v) is 4.56. The second-order valence-electron chi connectivity index (χ2n) is 6.95. The Bertz CT molecular complexity index is 988. The lowest BCUT2D eigenvalue weighted by molar-refractivity contribution is -0.114. The Labute approximate surface area is 182 Å². The van der Waals surface area contributed by atoms with Crippen molar-refractivity contribution in [2.24, 2.45) is 0 Å². The predicted molar refractivity (Wildman–Crippen MR) is 124 cm³/mol. The van der Waals surface area contributed by atoms with Gasteiger partial charge in [0, 0.05) is 29.9 Å². The summed E-state index contributed by atoms with van der Waals surface area (Å²) in [6.45, 7) is 3.12. The number of carbonyl (C=O) groups is 2. The van der Waals surface area contributed by atoms with E-state index in [1.54, 1.807) is 18.2 Å². The molecule has 0 unspecified atom stereocenters. The SMILES string of the molecule is CCNC(=O)c1cccc(NCC(=O)Nc2ccc(OCCc3ccccc3)cc2)c1. The summed E-state index contributed by atoms with van der Waals surface area (Å²) in [6, 6.07) is 24.5. The lowest BCUT2D eigenvalue weighted by Crippen LogP contribution is -2.23. The molecule has 0 saturated heterocycles. The van der Waals surface area contributed by atoms with E-state index in [2.05, 4.69) is 28.1 Å². The molecule has 0 bridgehead atoms. The molecule has 0 heterocycles. The molecule has 3 rings (SSSR count). The summed E-state index contributed by atoms with van der Waals surface area (Å²) in [5.74, 6) is 0.442. The van der Waals surface area contributed by atoms with Crippen molar-refractivity contribution >= 4 is 23.2 Å². The highest BCUT2D eigenvalue weighted by molar-refractivity contribution is 5.96. The lowest BCUT2D eigenvalue weighted by Gasteiger charge is -2.10. The molecule has 0 atom stereocenters. The van der Waals surface area contributed by atoms with Crippen LogP contribution < -0.4 is 20.7 Å². The van der Waals surface area contributed by atoms with Gasteiger partial charge in [0.2, 0.25) is 5.91 Å². The lowest BCUT2D eigenvalue weighted by atomic mass is 10.2. The van der Waals surface area contributed by atoms with E-state index in [0.717, 1.165) is 12.2 Å². The van der Waals surface area contributed by atoms with Gasteiger partial charge in [-0.1, -0.05) is 36.4 Å². The van der Waals surface area contributed by atoms with Gasteiger partial charge in [0.15, 0.2) is 0 Å². The summed E-state index contributed by atoms with van der Waals surface area (Å²) in [6.07, 6.45) is 0.840. The molecule has 0 spiro atoms. The maximum atomic E-state index is 12.2. The molecule has 2 amide bonds. The predicted octanol–water partition coefficient (Wildman–Crippen LogP) is 4.11. The molecule has 0 aliphatic rings. The normalized spacial score (nSPS) is 10.2. The van der Waals surface area contributed by atoms with Crippen LogP contribution in [0.15, 0.2) is 78.9 Å². The minimum absolute atomic E-state index is 0.0914. The molecule has 160 valence electrons. The average Bonchev–Trinajstić information content (AvgIpc) is 2.80. The van der Waals surface area contributed by atoms with E-state index >= 15 is 0 Å². The molecule has 0 aliphatic heterocycles. The molecule has 0 radical (unpaired) electrons. The molecule has 0 fully saturated rings. The largest absolute Gasteiger partial charge is 0.493 e. The third kappa shape index (κ3) is 7.19. The van der Waals surface area contributed by atoms with Crippen molar-refractivity contribution in [3.63, 3.8) is 0 Å². The third-order valence-electron chi connectivity index (χ3n) is 4.56. The van der Waals surface area contributed by atoms with Gasteiger partial charge >= 0.3 is 0 Å². The van der Waals surface area contributed by atoms with Gasteiger partial charge in [0.1, 0.15) is 5.75 Å². The fourth-order valence-corrected chi connectivity index (χ4v) is 2.99. The molecule has 6 nitrogen and oxygen atoms in total. The van der Waals surface area contributed by atoms with Crippen LogP contribution >= 0.6 is 0 Å². The summed E-state index contributed by atoms with van der Waals surface area (Å²) in [7, 11) is 0. The van der Waals surface area contributed by atoms with Crippen LogP contribution in [0.3, 0.4) is 0 Å². The zero-order valence-corrected chi connectivity index (χ0v) is 17.6. The van der Waals surface area contributed by atoms with Crippen LogP contribution in [0.1, 0.15) is 22.8 Å². The highest BCUT2D eigenvalue weighted by atomic mass is 16.5. The van der Waals surface area contributed by atoms with Crippen LogP contribution in [0.5, 0.6) is 5.75 Å². The van der Waals surface area contributed by atoms with Crippen molar-refractivity contribution in [1.82, 2.24) is 5.32 Å². The molecule has 3 N–H and O–H groups in total. The van der Waals surface area contributed by atoms with Crippen LogP contribution in [-0.2, 0) is 11.2 Å². The van der Waals surface area contributed by atoms with Gasteiger partial charge in [0.05, 0.1) is 13.2 Å². The minimum Gasteiger partial charge on any atom is -0.493 e. The monoisotopic (exact) mass is 417 g/mol. The number of anilines is 2. The number of nitrogens with one attached hydrogen (secondary N) is 3. The topological polar surface area (TPSA) is 79.5 Å². The zero-order valence-electron chi connectivity index (χ0n) is 17.6. The zero-order chi connectivity index (χ0) is 21.9. The number of hydrogen-bond acceptors (Lipinski definition) is 4. The number of rotatable bonds is 10. The Morgan fingerprint density at radius 1 is 0.871 bits per heavy atom. The summed E-state index contributed by atoms with van der Waals surface area (Å²) in [4.78, 5) is 24.2. The first-order valence-electron chi connectivity index (χ1n) is 10.3. The molecule has 3 aromatic carbocycles. The second-order valence-corrected chi connectivity index (χ2v) is 6.95. The van der Waals surface area contributed by atoms with Crippen LogP contribution in [0.4, 0.5) is 11.4 Å². The Morgan fingerprint density at radius 3 is 2.39 bits per heavy atom. The minimum atomic E-state index is -0.179. The molecule has 31 heavy (non-hydrogen) atoms. The first-order valence-corrected chi connectivity index (χ1v) is 10.3. The number of ether oxygens (including phenoxy) is 1. The van der Waals surface area contributed by atoms with E-state index in [0.29, 0.717) is 30.1 Å². The van der Waals surface area contributed by atoms with Gasteiger partial charge in [-0.05, 0) is 55.0 Å². The Hall–Kier alpha value is -3.80. The number of amides is 2. The van der Waals surface area contributed by atoms with Gasteiger partial charge in [0.25, 0.3) is 5.91 Å². The van der Waals surface area contributed by atoms with Crippen molar-refractivity contribution in [3.8, 4) is 5.75 Å². The molecule has 3 aromatic rings. The summed E-state index contributed by atoms with van der Waals surface area (Å²) >= 11 is 0. The van der Waals surface area contributed by atoms with Crippen molar-refractivity contribution in [3.05, 3.63) is 90.0 Å². The highest BCUT2D eigenvalue weighted by Gasteiger charge is 2.07. The van der Waals surface area contributed by atoms with Crippen molar-refractivity contribution in [2.45, 2.75) is 13.3 Å². The van der Waals surface area contributed by atoms with Gasteiger partial charge in [-0.2, -0.15) is 0 Å². The Kier molecular flexibility index (Phi) is 8.05. The summed E-state index contributed by atoms with van der Waals surface area (Å²) in [5, 5.41) is 8.64. The first-order chi connectivity index (χ1) is 15.1. The maximum Gasteiger partial charge on any atom is 0.251 e. The molecule has 0 aliphatic carbocycles. The van der Waals surface area contributed by atoms with Gasteiger partial charge in [-0.3, -0.25) is 9.59 Å². The molecule has 0 aromatic heterocycles. The van der Waals surface area contributed by atoms with Crippen LogP contribution in [0.2, 0.25) is 0 Å². The summed E-state index contributed by atoms with van der Waals surface area (Å²) < 4.78 is 5.77.